The summed E-state index contributed by atoms with van der Waals surface area (Å²) in [7, 11) is 0. The summed E-state index contributed by atoms with van der Waals surface area (Å²) in [6, 6.07) is 24.5. The lowest BCUT2D eigenvalue weighted by atomic mass is 10.1. The van der Waals surface area contributed by atoms with Crippen LogP contribution in [0.2, 0.25) is 0 Å². The second-order valence-corrected chi connectivity index (χ2v) is 7.33. The fourth-order valence-corrected chi connectivity index (χ4v) is 3.33. The molecule has 0 atom stereocenters. The van der Waals surface area contributed by atoms with Crippen LogP contribution in [0.1, 0.15) is 11.1 Å². The number of carbonyl (C=O) groups excluding carboxylic acids is 1. The van der Waals surface area contributed by atoms with Crippen LogP contribution in [0.4, 0.5) is 0 Å². The van der Waals surface area contributed by atoms with Crippen LogP contribution >= 0.6 is 0 Å². The van der Waals surface area contributed by atoms with Gasteiger partial charge in [0.05, 0.1) is 5.39 Å². The Balaban J connectivity index is 1.53. The Morgan fingerprint density at radius 1 is 0.935 bits per heavy atom. The van der Waals surface area contributed by atoms with Crippen molar-refractivity contribution in [2.24, 2.45) is 0 Å². The van der Waals surface area contributed by atoms with Crippen molar-refractivity contribution in [2.75, 3.05) is 13.2 Å². The molecule has 1 aromatic heterocycles. The Kier molecular flexibility index (Phi) is 6.13. The molecule has 3 aromatic carbocycles. The zero-order chi connectivity index (χ0) is 21.6. The van der Waals surface area contributed by atoms with Crippen LogP contribution in [0.25, 0.3) is 22.3 Å². The Hall–Kier alpha value is -3.86. The maximum atomic E-state index is 13.1. The molecule has 4 aromatic rings. The van der Waals surface area contributed by atoms with Gasteiger partial charge in [0, 0.05) is 12.1 Å². The minimum absolute atomic E-state index is 0.0424. The molecule has 0 spiro atoms. The molecule has 0 bridgehead atoms. The Morgan fingerprint density at radius 3 is 2.42 bits per heavy atom. The first-order chi connectivity index (χ1) is 15.1. The number of ether oxygens (including phenoxy) is 1. The lowest BCUT2D eigenvalue weighted by Gasteiger charge is -2.12. The number of carbonyl (C=O) groups is 1. The molecule has 1 N–H and O–H groups in total. The van der Waals surface area contributed by atoms with Gasteiger partial charge in [-0.05, 0) is 31.0 Å². The molecule has 5 nitrogen and oxygen atoms in total. The number of amides is 1. The third-order valence-electron chi connectivity index (χ3n) is 5.00. The van der Waals surface area contributed by atoms with Crippen LogP contribution in [0.5, 0.6) is 5.75 Å². The molecular formula is C26H23NO4. The van der Waals surface area contributed by atoms with E-state index in [4.69, 9.17) is 9.15 Å². The normalized spacial score (nSPS) is 10.7. The molecule has 31 heavy (non-hydrogen) atoms. The van der Waals surface area contributed by atoms with E-state index < -0.39 is 0 Å². The Morgan fingerprint density at radius 2 is 1.65 bits per heavy atom. The maximum Gasteiger partial charge on any atom is 0.257 e. The summed E-state index contributed by atoms with van der Waals surface area (Å²) in [6.45, 7) is 2.21. The van der Waals surface area contributed by atoms with E-state index in [9.17, 15) is 9.59 Å². The second kappa shape index (κ2) is 9.30. The van der Waals surface area contributed by atoms with Gasteiger partial charge in [-0.2, -0.15) is 0 Å². The molecule has 1 amide bonds. The smallest absolute Gasteiger partial charge is 0.257 e. The predicted octanol–water partition coefficient (Wildman–Crippen LogP) is 4.51. The number of hydrogen-bond donors (Lipinski definition) is 1. The number of para-hydroxylation sites is 1. The molecule has 0 aliphatic carbocycles. The quantitative estimate of drug-likeness (QED) is 0.484. The summed E-state index contributed by atoms with van der Waals surface area (Å²) in [5.41, 5.74) is 3.12. The van der Waals surface area contributed by atoms with Gasteiger partial charge in [-0.25, -0.2) is 0 Å². The van der Waals surface area contributed by atoms with E-state index in [1.54, 1.807) is 18.2 Å². The minimum atomic E-state index is -0.297. The molecule has 0 unspecified atom stereocenters. The standard InChI is InChI=1S/C26H23NO4/c1-18-11-13-20(14-12-18)25-26(24(29)21-9-5-6-10-22(21)31-25)30-17-23(28)27-16-15-19-7-3-2-4-8-19/h2-14H,15-17H2,1H3,(H,27,28). The molecular weight excluding hydrogens is 390 g/mol. The minimum Gasteiger partial charge on any atom is -0.476 e. The van der Waals surface area contributed by atoms with Crippen LogP contribution in [0.3, 0.4) is 0 Å². The van der Waals surface area contributed by atoms with Crippen LogP contribution in [0, 0.1) is 6.92 Å². The average molecular weight is 413 g/mol. The van der Waals surface area contributed by atoms with E-state index in [0.29, 0.717) is 28.8 Å². The van der Waals surface area contributed by atoms with Gasteiger partial charge in [0.25, 0.3) is 5.91 Å². The van der Waals surface area contributed by atoms with Gasteiger partial charge in [0.15, 0.2) is 12.4 Å². The summed E-state index contributed by atoms with van der Waals surface area (Å²) < 4.78 is 11.7. The number of fused-ring (bicyclic) bond motifs is 1. The summed E-state index contributed by atoms with van der Waals surface area (Å²) in [5.74, 6) is 0.0693. The van der Waals surface area contributed by atoms with E-state index in [2.05, 4.69) is 5.32 Å². The van der Waals surface area contributed by atoms with Crippen LogP contribution in [-0.2, 0) is 11.2 Å². The zero-order valence-corrected chi connectivity index (χ0v) is 17.3. The van der Waals surface area contributed by atoms with Gasteiger partial charge in [0.2, 0.25) is 11.2 Å². The van der Waals surface area contributed by atoms with Gasteiger partial charge in [0.1, 0.15) is 5.58 Å². The molecule has 1 heterocycles. The largest absolute Gasteiger partial charge is 0.476 e. The van der Waals surface area contributed by atoms with E-state index in [-0.39, 0.29) is 23.7 Å². The van der Waals surface area contributed by atoms with Crippen molar-refractivity contribution in [1.29, 1.82) is 0 Å². The molecule has 156 valence electrons. The first kappa shape index (κ1) is 20.4. The predicted molar refractivity (Wildman–Crippen MR) is 121 cm³/mol. The molecule has 4 rings (SSSR count). The molecule has 5 heteroatoms. The van der Waals surface area contributed by atoms with Crippen molar-refractivity contribution in [3.63, 3.8) is 0 Å². The number of benzene rings is 3. The van der Waals surface area contributed by atoms with Crippen molar-refractivity contribution in [3.8, 4) is 17.1 Å². The lowest BCUT2D eigenvalue weighted by molar-refractivity contribution is -0.123. The highest BCUT2D eigenvalue weighted by atomic mass is 16.5. The third-order valence-corrected chi connectivity index (χ3v) is 5.00. The molecule has 0 saturated carbocycles. The van der Waals surface area contributed by atoms with Crippen LogP contribution in [-0.4, -0.2) is 19.1 Å². The maximum absolute atomic E-state index is 13.1. The Labute approximate surface area is 180 Å². The average Bonchev–Trinajstić information content (AvgIpc) is 2.80. The van der Waals surface area contributed by atoms with Gasteiger partial charge >= 0.3 is 0 Å². The highest BCUT2D eigenvalue weighted by Crippen LogP contribution is 2.31. The van der Waals surface area contributed by atoms with Gasteiger partial charge in [-0.1, -0.05) is 72.3 Å². The highest BCUT2D eigenvalue weighted by Gasteiger charge is 2.18. The highest BCUT2D eigenvalue weighted by molar-refractivity contribution is 5.82. The van der Waals surface area contributed by atoms with Gasteiger partial charge < -0.3 is 14.5 Å². The van der Waals surface area contributed by atoms with Crippen LogP contribution < -0.4 is 15.5 Å². The number of aryl methyl sites for hydroxylation is 1. The zero-order valence-electron chi connectivity index (χ0n) is 17.3. The van der Waals surface area contributed by atoms with E-state index in [1.807, 2.05) is 67.6 Å². The van der Waals surface area contributed by atoms with Crippen molar-refractivity contribution in [2.45, 2.75) is 13.3 Å². The van der Waals surface area contributed by atoms with Crippen molar-refractivity contribution >= 4 is 16.9 Å². The second-order valence-electron chi connectivity index (χ2n) is 7.33. The first-order valence-corrected chi connectivity index (χ1v) is 10.2. The number of rotatable bonds is 7. The molecule has 0 radical (unpaired) electrons. The first-order valence-electron chi connectivity index (χ1n) is 10.2. The van der Waals surface area contributed by atoms with Crippen LogP contribution in [0.15, 0.2) is 88.1 Å². The summed E-state index contributed by atoms with van der Waals surface area (Å²) in [4.78, 5) is 25.4. The SMILES string of the molecule is Cc1ccc(-c2oc3ccccc3c(=O)c2OCC(=O)NCCc2ccccc2)cc1. The van der Waals surface area contributed by atoms with Crippen molar-refractivity contribution in [3.05, 3.63) is 100 Å². The lowest BCUT2D eigenvalue weighted by Crippen LogP contribution is -2.31. The molecule has 0 aliphatic heterocycles. The Bertz CT molecular complexity index is 1240. The molecule has 0 fully saturated rings. The summed E-state index contributed by atoms with van der Waals surface area (Å²) >= 11 is 0. The monoisotopic (exact) mass is 413 g/mol. The van der Waals surface area contributed by atoms with Crippen molar-refractivity contribution in [1.82, 2.24) is 5.32 Å². The fourth-order valence-electron chi connectivity index (χ4n) is 3.33. The van der Waals surface area contributed by atoms with Crippen molar-refractivity contribution < 1.29 is 13.9 Å². The van der Waals surface area contributed by atoms with Gasteiger partial charge in [-0.15, -0.1) is 0 Å². The van der Waals surface area contributed by atoms with E-state index in [0.717, 1.165) is 17.5 Å². The summed E-state index contributed by atoms with van der Waals surface area (Å²) in [5, 5.41) is 3.24. The number of hydrogen-bond acceptors (Lipinski definition) is 4. The molecule has 0 aliphatic rings. The molecule has 0 saturated heterocycles. The van der Waals surface area contributed by atoms with Gasteiger partial charge in [-0.3, -0.25) is 9.59 Å². The fraction of sp³-hybridized carbons (Fsp3) is 0.154. The summed E-state index contributed by atoms with van der Waals surface area (Å²) in [6.07, 6.45) is 0.722. The number of nitrogens with one attached hydrogen (secondary N) is 1. The third kappa shape index (κ3) is 4.83. The topological polar surface area (TPSA) is 68.5 Å². The van der Waals surface area contributed by atoms with E-state index in [1.165, 1.54) is 0 Å². The van der Waals surface area contributed by atoms with E-state index >= 15 is 0 Å².